The molecule has 0 spiro atoms. The van der Waals surface area contributed by atoms with Crippen LogP contribution in [0.5, 0.6) is 0 Å². The molecule has 0 amide bonds. The van der Waals surface area contributed by atoms with E-state index in [2.05, 4.69) is 15.2 Å². The van der Waals surface area contributed by atoms with Gasteiger partial charge in [-0.1, -0.05) is 0 Å². The second-order valence-corrected chi connectivity index (χ2v) is 4.74. The number of nitrogens with one attached hydrogen (secondary N) is 1. The van der Waals surface area contributed by atoms with Crippen LogP contribution in [-0.4, -0.2) is 15.2 Å². The molecule has 3 N–H and O–H groups in total. The summed E-state index contributed by atoms with van der Waals surface area (Å²) >= 11 is 0. The molecule has 0 bridgehead atoms. The third-order valence-corrected chi connectivity index (χ3v) is 3.21. The number of fused-ring (bicyclic) bond motifs is 1. The van der Waals surface area contributed by atoms with Gasteiger partial charge in [0.25, 0.3) is 0 Å². The number of anilines is 1. The van der Waals surface area contributed by atoms with E-state index in [1.54, 1.807) is 19.1 Å². The molecule has 2 aromatic heterocycles. The number of benzene rings is 1. The fourth-order valence-corrected chi connectivity index (χ4v) is 2.19. The lowest BCUT2D eigenvalue weighted by Crippen LogP contribution is -2.05. The van der Waals surface area contributed by atoms with E-state index in [9.17, 15) is 13.2 Å². The van der Waals surface area contributed by atoms with E-state index in [0.29, 0.717) is 33.5 Å². The average Bonchev–Trinajstić information content (AvgIpc) is 2.87. The van der Waals surface area contributed by atoms with Crippen molar-refractivity contribution in [1.82, 2.24) is 15.2 Å². The van der Waals surface area contributed by atoms with Gasteiger partial charge in [-0.2, -0.15) is 18.3 Å². The van der Waals surface area contributed by atoms with Crippen LogP contribution in [0.4, 0.5) is 18.9 Å². The minimum Gasteiger partial charge on any atom is -0.397 e. The molecule has 0 aliphatic carbocycles. The number of aryl methyl sites for hydroxylation is 1. The van der Waals surface area contributed by atoms with Gasteiger partial charge in [0.1, 0.15) is 0 Å². The maximum atomic E-state index is 13.0. The van der Waals surface area contributed by atoms with Crippen LogP contribution in [0.15, 0.2) is 30.5 Å². The predicted molar refractivity (Wildman–Crippen MR) is 73.5 cm³/mol. The molecular formula is C14H11F3N4. The van der Waals surface area contributed by atoms with E-state index in [0.717, 1.165) is 12.1 Å². The molecule has 0 fully saturated rings. The number of halogens is 3. The summed E-state index contributed by atoms with van der Waals surface area (Å²) in [6, 6.07) is 5.41. The molecule has 3 aromatic rings. The highest BCUT2D eigenvalue weighted by atomic mass is 19.4. The zero-order valence-corrected chi connectivity index (χ0v) is 11.0. The summed E-state index contributed by atoms with van der Waals surface area (Å²) in [5, 5.41) is 6.91. The summed E-state index contributed by atoms with van der Waals surface area (Å²) in [7, 11) is 0. The van der Waals surface area contributed by atoms with Crippen molar-refractivity contribution in [3.63, 3.8) is 0 Å². The molecule has 0 saturated carbocycles. The van der Waals surface area contributed by atoms with Crippen molar-refractivity contribution in [2.45, 2.75) is 13.1 Å². The lowest BCUT2D eigenvalue weighted by Gasteiger charge is -2.12. The number of aromatic amines is 1. The zero-order chi connectivity index (χ0) is 15.2. The molecule has 2 heterocycles. The van der Waals surface area contributed by atoms with Crippen LogP contribution < -0.4 is 5.73 Å². The summed E-state index contributed by atoms with van der Waals surface area (Å²) in [6.45, 7) is 1.75. The van der Waals surface area contributed by atoms with E-state index in [4.69, 9.17) is 5.73 Å². The quantitative estimate of drug-likeness (QED) is 0.721. The van der Waals surface area contributed by atoms with Gasteiger partial charge < -0.3 is 5.73 Å². The first-order valence-corrected chi connectivity index (χ1v) is 6.14. The maximum Gasteiger partial charge on any atom is 0.416 e. The molecule has 4 nitrogen and oxygen atoms in total. The van der Waals surface area contributed by atoms with Crippen LogP contribution in [-0.2, 0) is 6.18 Å². The molecule has 0 unspecified atom stereocenters. The first kappa shape index (κ1) is 13.4. The number of nitrogens with zero attached hydrogens (tertiary/aromatic N) is 2. The molecule has 108 valence electrons. The second kappa shape index (κ2) is 4.47. The molecule has 21 heavy (non-hydrogen) atoms. The summed E-state index contributed by atoms with van der Waals surface area (Å²) in [5.74, 6) is 0. The third kappa shape index (κ3) is 2.31. The van der Waals surface area contributed by atoms with Gasteiger partial charge in [0.05, 0.1) is 28.7 Å². The highest BCUT2D eigenvalue weighted by molar-refractivity contribution is 5.96. The Balaban J connectivity index is 2.35. The van der Waals surface area contributed by atoms with E-state index in [1.807, 2.05) is 0 Å². The van der Waals surface area contributed by atoms with E-state index >= 15 is 0 Å². The molecule has 0 saturated heterocycles. The smallest absolute Gasteiger partial charge is 0.397 e. The first-order chi connectivity index (χ1) is 9.86. The number of aromatic nitrogens is 3. The Morgan fingerprint density at radius 1 is 1.19 bits per heavy atom. The Bertz CT molecular complexity index is 821. The number of rotatable bonds is 1. The van der Waals surface area contributed by atoms with Crippen molar-refractivity contribution >= 4 is 16.6 Å². The Morgan fingerprint density at radius 2 is 1.95 bits per heavy atom. The second-order valence-electron chi connectivity index (χ2n) is 4.74. The zero-order valence-electron chi connectivity index (χ0n) is 11.0. The summed E-state index contributed by atoms with van der Waals surface area (Å²) in [5.41, 5.74) is 7.03. The number of nitrogens with two attached hydrogens (primary N) is 1. The van der Waals surface area contributed by atoms with Crippen molar-refractivity contribution in [3.8, 4) is 11.3 Å². The fourth-order valence-electron chi connectivity index (χ4n) is 2.19. The van der Waals surface area contributed by atoms with Crippen LogP contribution in [0.1, 0.15) is 11.3 Å². The molecule has 7 heteroatoms. The van der Waals surface area contributed by atoms with Gasteiger partial charge in [0, 0.05) is 16.6 Å². The highest BCUT2D eigenvalue weighted by Gasteiger charge is 2.32. The van der Waals surface area contributed by atoms with Crippen LogP contribution in [0.3, 0.4) is 0 Å². The van der Waals surface area contributed by atoms with Gasteiger partial charge in [-0.3, -0.25) is 10.1 Å². The Kier molecular flexibility index (Phi) is 2.86. The van der Waals surface area contributed by atoms with Gasteiger partial charge in [0.15, 0.2) is 0 Å². The molecule has 0 atom stereocenters. The first-order valence-electron chi connectivity index (χ1n) is 6.14. The highest BCUT2D eigenvalue weighted by Crippen LogP contribution is 2.37. The number of hydrogen-bond acceptors (Lipinski definition) is 3. The van der Waals surface area contributed by atoms with Gasteiger partial charge in [-0.15, -0.1) is 0 Å². The molecule has 3 rings (SSSR count). The minimum absolute atomic E-state index is 0.294. The monoisotopic (exact) mass is 292 g/mol. The Morgan fingerprint density at radius 3 is 2.67 bits per heavy atom. The van der Waals surface area contributed by atoms with Crippen LogP contribution in [0, 0.1) is 6.92 Å². The molecule has 1 aromatic carbocycles. The number of hydrogen-bond donors (Lipinski definition) is 2. The Labute approximate surface area is 117 Å². The van der Waals surface area contributed by atoms with E-state index < -0.39 is 11.7 Å². The van der Waals surface area contributed by atoms with Gasteiger partial charge in [-0.25, -0.2) is 0 Å². The van der Waals surface area contributed by atoms with Crippen molar-refractivity contribution < 1.29 is 13.2 Å². The third-order valence-electron chi connectivity index (χ3n) is 3.21. The molecule has 0 radical (unpaired) electrons. The van der Waals surface area contributed by atoms with Crippen molar-refractivity contribution in [2.24, 2.45) is 0 Å². The van der Waals surface area contributed by atoms with Crippen LogP contribution >= 0.6 is 0 Å². The lowest BCUT2D eigenvalue weighted by atomic mass is 10.0. The Hall–Kier alpha value is -2.57. The number of pyridine rings is 1. The van der Waals surface area contributed by atoms with Crippen molar-refractivity contribution in [3.05, 3.63) is 41.7 Å². The SMILES string of the molecule is Cc1ccc(N)c(-c2cc(C(F)(F)F)cc3[nH]ncc23)n1. The van der Waals surface area contributed by atoms with Gasteiger partial charge >= 0.3 is 6.18 Å². The summed E-state index contributed by atoms with van der Waals surface area (Å²) in [4.78, 5) is 4.26. The van der Waals surface area contributed by atoms with E-state index in [-0.39, 0.29) is 0 Å². The van der Waals surface area contributed by atoms with Gasteiger partial charge in [-0.05, 0) is 31.2 Å². The van der Waals surface area contributed by atoms with Crippen LogP contribution in [0.25, 0.3) is 22.2 Å². The fraction of sp³-hybridized carbons (Fsp3) is 0.143. The van der Waals surface area contributed by atoms with Crippen LogP contribution in [0.2, 0.25) is 0 Å². The number of alkyl halides is 3. The lowest BCUT2D eigenvalue weighted by molar-refractivity contribution is -0.137. The van der Waals surface area contributed by atoms with E-state index in [1.165, 1.54) is 6.20 Å². The molecular weight excluding hydrogens is 281 g/mol. The topological polar surface area (TPSA) is 67.6 Å². The predicted octanol–water partition coefficient (Wildman–Crippen LogP) is 3.53. The molecule has 0 aliphatic rings. The normalized spacial score (nSPS) is 12.0. The minimum atomic E-state index is -4.45. The largest absolute Gasteiger partial charge is 0.416 e. The number of H-pyrrole nitrogens is 1. The van der Waals surface area contributed by atoms with Crippen molar-refractivity contribution in [1.29, 1.82) is 0 Å². The molecule has 0 aliphatic heterocycles. The standard InChI is InChI=1S/C14H11F3N4/c1-7-2-3-11(18)13(20-7)9-4-8(14(15,16)17)5-12-10(9)6-19-21-12/h2-6H,18H2,1H3,(H,19,21). The van der Waals surface area contributed by atoms with Gasteiger partial charge in [0.2, 0.25) is 0 Å². The summed E-state index contributed by atoms with van der Waals surface area (Å²) < 4.78 is 39.0. The number of nitrogen functional groups attached to an aromatic ring is 1. The average molecular weight is 292 g/mol. The summed E-state index contributed by atoms with van der Waals surface area (Å²) in [6.07, 6.45) is -2.99. The van der Waals surface area contributed by atoms with Crippen molar-refractivity contribution in [2.75, 3.05) is 5.73 Å². The maximum absolute atomic E-state index is 13.0.